The maximum absolute atomic E-state index is 6.04. The first-order valence-electron chi connectivity index (χ1n) is 5.60. The quantitative estimate of drug-likeness (QED) is 0.588. The van der Waals surface area contributed by atoms with Gasteiger partial charge in [0.15, 0.2) is 5.58 Å². The number of rotatable bonds is 3. The second-order valence-electron chi connectivity index (χ2n) is 3.91. The number of anilines is 1. The summed E-state index contributed by atoms with van der Waals surface area (Å²) in [6.45, 7) is 0. The molecule has 0 bridgehead atoms. The molecule has 96 valence electrons. The molecule has 0 amide bonds. The van der Waals surface area contributed by atoms with E-state index >= 15 is 0 Å². The van der Waals surface area contributed by atoms with E-state index in [-0.39, 0.29) is 0 Å². The Morgan fingerprint density at radius 2 is 2.21 bits per heavy atom. The molecular weight excluding hydrogens is 282 g/mol. The summed E-state index contributed by atoms with van der Waals surface area (Å²) in [6.07, 6.45) is 1.71. The molecule has 0 radical (unpaired) electrons. The van der Waals surface area contributed by atoms with Crippen LogP contribution in [0.15, 0.2) is 46.0 Å². The molecule has 3 rings (SSSR count). The zero-order valence-electron chi connectivity index (χ0n) is 9.84. The third-order valence-electron chi connectivity index (χ3n) is 2.51. The van der Waals surface area contributed by atoms with Gasteiger partial charge in [0, 0.05) is 18.0 Å². The summed E-state index contributed by atoms with van der Waals surface area (Å²) in [4.78, 5) is 8.59. The Labute approximate surface area is 119 Å². The van der Waals surface area contributed by atoms with Crippen LogP contribution in [0, 0.1) is 0 Å². The Kier molecular flexibility index (Phi) is 3.31. The number of nitrogens with zero attached hydrogens (tertiary/aromatic N) is 2. The van der Waals surface area contributed by atoms with Gasteiger partial charge in [-0.05, 0) is 24.3 Å². The van der Waals surface area contributed by atoms with Crippen LogP contribution >= 0.6 is 23.4 Å². The first kappa shape index (κ1) is 12.3. The molecule has 0 unspecified atom stereocenters. The molecule has 0 fully saturated rings. The predicted molar refractivity (Wildman–Crippen MR) is 77.2 cm³/mol. The summed E-state index contributed by atoms with van der Waals surface area (Å²) in [5, 5.41) is 1.40. The van der Waals surface area contributed by atoms with E-state index in [2.05, 4.69) is 9.97 Å². The summed E-state index contributed by atoms with van der Waals surface area (Å²) in [5.74, 6) is 1.21. The number of nitrogens with two attached hydrogens (primary N) is 1. The highest BCUT2D eigenvalue weighted by atomic mass is 35.5. The van der Waals surface area contributed by atoms with Crippen molar-refractivity contribution in [3.63, 3.8) is 0 Å². The van der Waals surface area contributed by atoms with Gasteiger partial charge in [-0.3, -0.25) is 0 Å². The van der Waals surface area contributed by atoms with Gasteiger partial charge in [0.2, 0.25) is 5.89 Å². The van der Waals surface area contributed by atoms with Crippen LogP contribution in [0.2, 0.25) is 5.02 Å². The zero-order valence-corrected chi connectivity index (χ0v) is 11.4. The lowest BCUT2D eigenvalue weighted by molar-refractivity contribution is 0.556. The third kappa shape index (κ3) is 2.67. The van der Waals surface area contributed by atoms with Crippen molar-refractivity contribution in [1.82, 2.24) is 9.97 Å². The van der Waals surface area contributed by atoms with Crippen LogP contribution < -0.4 is 5.73 Å². The number of benzene rings is 1. The van der Waals surface area contributed by atoms with Crippen molar-refractivity contribution < 1.29 is 4.42 Å². The van der Waals surface area contributed by atoms with E-state index < -0.39 is 0 Å². The first-order valence-corrected chi connectivity index (χ1v) is 6.97. The normalized spacial score (nSPS) is 11.0. The molecule has 0 aliphatic rings. The minimum absolute atomic E-state index is 0.575. The van der Waals surface area contributed by atoms with E-state index in [1.54, 1.807) is 24.4 Å². The number of pyridine rings is 1. The molecule has 6 heteroatoms. The van der Waals surface area contributed by atoms with Crippen LogP contribution in [0.3, 0.4) is 0 Å². The number of aromatic nitrogens is 2. The van der Waals surface area contributed by atoms with Crippen molar-refractivity contribution >= 4 is 40.1 Å². The fraction of sp³-hybridized carbons (Fsp3) is 0.0769. The van der Waals surface area contributed by atoms with Crippen molar-refractivity contribution in [1.29, 1.82) is 0 Å². The van der Waals surface area contributed by atoms with Gasteiger partial charge in [-0.1, -0.05) is 23.4 Å². The molecule has 2 heterocycles. The van der Waals surface area contributed by atoms with Crippen LogP contribution in [-0.4, -0.2) is 9.97 Å². The van der Waals surface area contributed by atoms with E-state index in [0.717, 1.165) is 10.5 Å². The first-order chi connectivity index (χ1) is 9.22. The molecule has 3 aromatic rings. The summed E-state index contributed by atoms with van der Waals surface area (Å²) in [6, 6.07) is 9.02. The van der Waals surface area contributed by atoms with Crippen LogP contribution in [0.25, 0.3) is 11.1 Å². The monoisotopic (exact) mass is 291 g/mol. The Bertz CT molecular complexity index is 729. The minimum atomic E-state index is 0.575. The standard InChI is InChI=1S/C13H10ClN3OS/c14-9-2-1-5-16-13(9)19-7-12-17-10-4-3-8(15)6-11(10)18-12/h1-6H,7,15H2. The molecule has 0 spiro atoms. The highest BCUT2D eigenvalue weighted by Crippen LogP contribution is 2.28. The van der Waals surface area contributed by atoms with Crippen molar-refractivity contribution in [2.45, 2.75) is 10.8 Å². The Morgan fingerprint density at radius 1 is 1.32 bits per heavy atom. The third-order valence-corrected chi connectivity index (χ3v) is 3.92. The molecule has 2 aromatic heterocycles. The van der Waals surface area contributed by atoms with Crippen molar-refractivity contribution in [3.8, 4) is 0 Å². The average molecular weight is 292 g/mol. The lowest BCUT2D eigenvalue weighted by atomic mass is 10.3. The Morgan fingerprint density at radius 3 is 3.05 bits per heavy atom. The summed E-state index contributed by atoms with van der Waals surface area (Å²) in [7, 11) is 0. The van der Waals surface area contributed by atoms with E-state index in [1.165, 1.54) is 11.8 Å². The van der Waals surface area contributed by atoms with Gasteiger partial charge in [0.05, 0.1) is 10.8 Å². The van der Waals surface area contributed by atoms with Crippen LogP contribution in [0.4, 0.5) is 5.69 Å². The lowest BCUT2D eigenvalue weighted by Crippen LogP contribution is -1.83. The largest absolute Gasteiger partial charge is 0.440 e. The number of oxazole rings is 1. The molecule has 0 saturated carbocycles. The Hall–Kier alpha value is -1.72. The fourth-order valence-corrected chi connectivity index (χ4v) is 2.67. The SMILES string of the molecule is Nc1ccc2nc(CSc3ncccc3Cl)oc2c1. The summed E-state index contributed by atoms with van der Waals surface area (Å²) in [5.41, 5.74) is 7.86. The van der Waals surface area contributed by atoms with Crippen LogP contribution in [-0.2, 0) is 5.75 Å². The molecule has 0 aliphatic carbocycles. The van der Waals surface area contributed by atoms with Gasteiger partial charge in [0.25, 0.3) is 0 Å². The second-order valence-corrected chi connectivity index (χ2v) is 5.29. The summed E-state index contributed by atoms with van der Waals surface area (Å²) < 4.78 is 5.63. The topological polar surface area (TPSA) is 64.9 Å². The number of hydrogen-bond donors (Lipinski definition) is 1. The molecule has 1 aromatic carbocycles. The smallest absolute Gasteiger partial charge is 0.205 e. The number of halogens is 1. The maximum Gasteiger partial charge on any atom is 0.205 e. The molecule has 19 heavy (non-hydrogen) atoms. The predicted octanol–water partition coefficient (Wildman–Crippen LogP) is 3.75. The number of thioether (sulfide) groups is 1. The number of nitrogen functional groups attached to an aromatic ring is 1. The van der Waals surface area contributed by atoms with Crippen molar-refractivity contribution in [2.75, 3.05) is 5.73 Å². The molecule has 0 atom stereocenters. The van der Waals surface area contributed by atoms with Crippen molar-refractivity contribution in [3.05, 3.63) is 47.4 Å². The van der Waals surface area contributed by atoms with Crippen molar-refractivity contribution in [2.24, 2.45) is 0 Å². The lowest BCUT2D eigenvalue weighted by Gasteiger charge is -1.99. The Balaban J connectivity index is 1.80. The van der Waals surface area contributed by atoms with Gasteiger partial charge >= 0.3 is 0 Å². The molecule has 2 N–H and O–H groups in total. The second kappa shape index (κ2) is 5.11. The summed E-state index contributed by atoms with van der Waals surface area (Å²) >= 11 is 7.53. The average Bonchev–Trinajstić information content (AvgIpc) is 2.79. The van der Waals surface area contributed by atoms with E-state index in [4.69, 9.17) is 21.8 Å². The minimum Gasteiger partial charge on any atom is -0.440 e. The van der Waals surface area contributed by atoms with Gasteiger partial charge < -0.3 is 10.2 Å². The highest BCUT2D eigenvalue weighted by molar-refractivity contribution is 7.98. The van der Waals surface area contributed by atoms with E-state index in [1.807, 2.05) is 12.1 Å². The zero-order chi connectivity index (χ0) is 13.2. The van der Waals surface area contributed by atoms with E-state index in [9.17, 15) is 0 Å². The molecule has 0 saturated heterocycles. The van der Waals surface area contributed by atoms with Crippen LogP contribution in [0.5, 0.6) is 0 Å². The van der Waals surface area contributed by atoms with E-state index in [0.29, 0.717) is 27.9 Å². The van der Waals surface area contributed by atoms with Gasteiger partial charge in [-0.25, -0.2) is 9.97 Å². The molecule has 4 nitrogen and oxygen atoms in total. The number of fused-ring (bicyclic) bond motifs is 1. The van der Waals surface area contributed by atoms with Gasteiger partial charge in [-0.15, -0.1) is 0 Å². The molecular formula is C13H10ClN3OS. The molecule has 0 aliphatic heterocycles. The fourth-order valence-electron chi connectivity index (χ4n) is 1.66. The van der Waals surface area contributed by atoms with Crippen LogP contribution in [0.1, 0.15) is 5.89 Å². The van der Waals surface area contributed by atoms with Gasteiger partial charge in [-0.2, -0.15) is 0 Å². The highest BCUT2D eigenvalue weighted by Gasteiger charge is 2.08. The van der Waals surface area contributed by atoms with Gasteiger partial charge in [0.1, 0.15) is 10.5 Å². The maximum atomic E-state index is 6.04. The number of hydrogen-bond acceptors (Lipinski definition) is 5.